The molecule has 1 aromatic carbocycles. The highest BCUT2D eigenvalue weighted by Crippen LogP contribution is 2.30. The van der Waals surface area contributed by atoms with Crippen LogP contribution in [-0.4, -0.2) is 12.3 Å². The normalized spacial score (nSPS) is 10.5. The summed E-state index contributed by atoms with van der Waals surface area (Å²) in [7, 11) is 1.42. The molecule has 0 aliphatic carbocycles. The summed E-state index contributed by atoms with van der Waals surface area (Å²) in [5.74, 6) is 0.0580. The molecule has 0 bridgehead atoms. The number of nitrogen functional groups attached to an aromatic ring is 1. The van der Waals surface area contributed by atoms with E-state index in [1.54, 1.807) is 12.1 Å². The van der Waals surface area contributed by atoms with Gasteiger partial charge < -0.3 is 15.0 Å². The van der Waals surface area contributed by atoms with E-state index in [9.17, 15) is 4.39 Å². The van der Waals surface area contributed by atoms with E-state index < -0.39 is 5.82 Å². The Labute approximate surface area is 98.2 Å². The Kier molecular flexibility index (Phi) is 2.99. The lowest BCUT2D eigenvalue weighted by Gasteiger charge is -2.04. The second-order valence-electron chi connectivity index (χ2n) is 3.58. The van der Waals surface area contributed by atoms with Crippen molar-refractivity contribution >= 4 is 5.88 Å². The molecule has 2 rings (SSSR count). The number of rotatable bonds is 3. The Morgan fingerprint density at radius 1 is 1.47 bits per heavy atom. The van der Waals surface area contributed by atoms with Gasteiger partial charge in [-0.05, 0) is 24.6 Å². The minimum atomic E-state index is -0.411. The standard InChI is InChI=1S/C12H13FN2O2/c1-3-8-11(15-17-12(8)14)7-4-5-9(13)10(6-7)16-2/h4-6H,3,14H2,1-2H3. The van der Waals surface area contributed by atoms with Gasteiger partial charge in [-0.3, -0.25) is 0 Å². The van der Waals surface area contributed by atoms with Crippen LogP contribution in [0.2, 0.25) is 0 Å². The van der Waals surface area contributed by atoms with E-state index >= 15 is 0 Å². The summed E-state index contributed by atoms with van der Waals surface area (Å²) in [6, 6.07) is 4.53. The fraction of sp³-hybridized carbons (Fsp3) is 0.250. The van der Waals surface area contributed by atoms with Crippen LogP contribution in [0.5, 0.6) is 5.75 Å². The third-order valence-electron chi connectivity index (χ3n) is 2.60. The Morgan fingerprint density at radius 3 is 2.88 bits per heavy atom. The van der Waals surface area contributed by atoms with Gasteiger partial charge >= 0.3 is 0 Å². The van der Waals surface area contributed by atoms with Crippen molar-refractivity contribution in [2.75, 3.05) is 12.8 Å². The first-order valence-corrected chi connectivity index (χ1v) is 5.25. The summed E-state index contributed by atoms with van der Waals surface area (Å²) in [5.41, 5.74) is 7.82. The number of ether oxygens (including phenoxy) is 1. The predicted molar refractivity (Wildman–Crippen MR) is 62.2 cm³/mol. The van der Waals surface area contributed by atoms with Crippen LogP contribution >= 0.6 is 0 Å². The van der Waals surface area contributed by atoms with E-state index in [4.69, 9.17) is 15.0 Å². The smallest absolute Gasteiger partial charge is 0.225 e. The van der Waals surface area contributed by atoms with E-state index in [1.807, 2.05) is 6.92 Å². The lowest BCUT2D eigenvalue weighted by Crippen LogP contribution is -1.92. The fourth-order valence-corrected chi connectivity index (χ4v) is 1.70. The monoisotopic (exact) mass is 236 g/mol. The van der Waals surface area contributed by atoms with Gasteiger partial charge in [-0.15, -0.1) is 0 Å². The number of methoxy groups -OCH3 is 1. The molecule has 2 N–H and O–H groups in total. The van der Waals surface area contributed by atoms with Crippen molar-refractivity contribution in [3.63, 3.8) is 0 Å². The summed E-state index contributed by atoms with van der Waals surface area (Å²) in [6.07, 6.45) is 0.699. The van der Waals surface area contributed by atoms with Gasteiger partial charge in [0.25, 0.3) is 0 Å². The van der Waals surface area contributed by atoms with E-state index in [-0.39, 0.29) is 5.75 Å². The number of benzene rings is 1. The van der Waals surface area contributed by atoms with Gasteiger partial charge in [-0.1, -0.05) is 12.1 Å². The first-order valence-electron chi connectivity index (χ1n) is 5.25. The van der Waals surface area contributed by atoms with Crippen LogP contribution < -0.4 is 10.5 Å². The minimum Gasteiger partial charge on any atom is -0.494 e. The van der Waals surface area contributed by atoms with E-state index in [2.05, 4.69) is 5.16 Å². The first kappa shape index (κ1) is 11.4. The van der Waals surface area contributed by atoms with Crippen LogP contribution in [0.15, 0.2) is 22.7 Å². The average Bonchev–Trinajstić information content (AvgIpc) is 2.71. The second kappa shape index (κ2) is 4.45. The van der Waals surface area contributed by atoms with Crippen LogP contribution in [0.25, 0.3) is 11.3 Å². The number of aromatic nitrogens is 1. The number of hydrogen-bond donors (Lipinski definition) is 1. The SMILES string of the molecule is CCc1c(-c2ccc(F)c(OC)c2)noc1N. The highest BCUT2D eigenvalue weighted by atomic mass is 19.1. The summed E-state index contributed by atoms with van der Waals surface area (Å²) < 4.78 is 23.1. The zero-order chi connectivity index (χ0) is 12.4. The van der Waals surface area contributed by atoms with Crippen LogP contribution in [0.1, 0.15) is 12.5 Å². The van der Waals surface area contributed by atoms with Crippen molar-refractivity contribution in [3.05, 3.63) is 29.6 Å². The zero-order valence-corrected chi connectivity index (χ0v) is 9.66. The lowest BCUT2D eigenvalue weighted by atomic mass is 10.1. The fourth-order valence-electron chi connectivity index (χ4n) is 1.70. The van der Waals surface area contributed by atoms with Gasteiger partial charge in [0.1, 0.15) is 5.69 Å². The molecule has 1 heterocycles. The third kappa shape index (κ3) is 1.95. The Hall–Kier alpha value is -2.04. The van der Waals surface area contributed by atoms with Gasteiger partial charge in [-0.25, -0.2) is 4.39 Å². The van der Waals surface area contributed by atoms with Crippen molar-refractivity contribution in [3.8, 4) is 17.0 Å². The van der Waals surface area contributed by atoms with Gasteiger partial charge in [-0.2, -0.15) is 0 Å². The van der Waals surface area contributed by atoms with Crippen molar-refractivity contribution in [1.82, 2.24) is 5.16 Å². The first-order chi connectivity index (χ1) is 8.17. The third-order valence-corrected chi connectivity index (χ3v) is 2.60. The number of nitrogens with zero attached hydrogens (tertiary/aromatic N) is 1. The maximum Gasteiger partial charge on any atom is 0.225 e. The number of nitrogens with two attached hydrogens (primary N) is 1. The molecule has 0 saturated heterocycles. The minimum absolute atomic E-state index is 0.172. The molecule has 2 aromatic rings. The molecule has 0 radical (unpaired) electrons. The molecule has 0 unspecified atom stereocenters. The highest BCUT2D eigenvalue weighted by molar-refractivity contribution is 5.68. The molecule has 0 amide bonds. The highest BCUT2D eigenvalue weighted by Gasteiger charge is 2.15. The molecule has 90 valence electrons. The maximum absolute atomic E-state index is 13.3. The van der Waals surface area contributed by atoms with Gasteiger partial charge in [0.2, 0.25) is 5.88 Å². The van der Waals surface area contributed by atoms with Crippen LogP contribution in [0.4, 0.5) is 10.3 Å². The molecule has 0 saturated carbocycles. The second-order valence-corrected chi connectivity index (χ2v) is 3.58. The molecule has 1 aromatic heterocycles. The van der Waals surface area contributed by atoms with Gasteiger partial charge in [0, 0.05) is 11.1 Å². The molecular weight excluding hydrogens is 223 g/mol. The van der Waals surface area contributed by atoms with Gasteiger partial charge in [0.05, 0.1) is 7.11 Å². The topological polar surface area (TPSA) is 61.3 Å². The zero-order valence-electron chi connectivity index (χ0n) is 9.66. The molecule has 17 heavy (non-hydrogen) atoms. The van der Waals surface area contributed by atoms with E-state index in [1.165, 1.54) is 13.2 Å². The van der Waals surface area contributed by atoms with Crippen molar-refractivity contribution in [2.45, 2.75) is 13.3 Å². The molecule has 5 heteroatoms. The number of anilines is 1. The molecule has 4 nitrogen and oxygen atoms in total. The quantitative estimate of drug-likeness (QED) is 0.889. The average molecular weight is 236 g/mol. The maximum atomic E-state index is 13.3. The van der Waals surface area contributed by atoms with Crippen molar-refractivity contribution < 1.29 is 13.7 Å². The molecule has 0 spiro atoms. The summed E-state index contributed by atoms with van der Waals surface area (Å²) >= 11 is 0. The summed E-state index contributed by atoms with van der Waals surface area (Å²) in [5, 5.41) is 3.88. The van der Waals surface area contributed by atoms with Crippen LogP contribution in [0.3, 0.4) is 0 Å². The largest absolute Gasteiger partial charge is 0.494 e. The lowest BCUT2D eigenvalue weighted by molar-refractivity contribution is 0.386. The Balaban J connectivity index is 2.52. The van der Waals surface area contributed by atoms with Gasteiger partial charge in [0.15, 0.2) is 11.6 Å². The molecule has 0 aliphatic rings. The molecule has 0 atom stereocenters. The summed E-state index contributed by atoms with van der Waals surface area (Å²) in [6.45, 7) is 1.95. The molecule has 0 fully saturated rings. The Bertz CT molecular complexity index is 537. The molecule has 0 aliphatic heterocycles. The number of halogens is 1. The number of hydrogen-bond acceptors (Lipinski definition) is 4. The predicted octanol–water partition coefficient (Wildman–Crippen LogP) is 2.63. The van der Waals surface area contributed by atoms with Crippen LogP contribution in [-0.2, 0) is 6.42 Å². The van der Waals surface area contributed by atoms with E-state index in [0.717, 1.165) is 11.1 Å². The van der Waals surface area contributed by atoms with E-state index in [0.29, 0.717) is 18.0 Å². The van der Waals surface area contributed by atoms with Crippen LogP contribution in [0, 0.1) is 5.82 Å². The van der Waals surface area contributed by atoms with Crippen molar-refractivity contribution in [2.24, 2.45) is 0 Å². The molecular formula is C12H13FN2O2. The Morgan fingerprint density at radius 2 is 2.24 bits per heavy atom. The summed E-state index contributed by atoms with van der Waals surface area (Å²) in [4.78, 5) is 0. The van der Waals surface area contributed by atoms with Crippen molar-refractivity contribution in [1.29, 1.82) is 0 Å².